The fourth-order valence-corrected chi connectivity index (χ4v) is 4.77. The molecule has 10 heteroatoms. The maximum absolute atomic E-state index is 13.5. The Kier molecular flexibility index (Phi) is 5.77. The number of fused-ring (bicyclic) bond motifs is 5. The number of alkyl carbamates (subject to hydrolysis) is 1. The molecule has 0 radical (unpaired) electrons. The fourth-order valence-electron chi connectivity index (χ4n) is 4.77. The van der Waals surface area contributed by atoms with E-state index in [1.807, 2.05) is 30.3 Å². The Labute approximate surface area is 212 Å². The van der Waals surface area contributed by atoms with Crippen LogP contribution < -0.4 is 10.9 Å². The first kappa shape index (κ1) is 24.5. The van der Waals surface area contributed by atoms with E-state index in [4.69, 9.17) is 19.2 Å². The molecule has 0 spiro atoms. The maximum Gasteiger partial charge on any atom is 0.408 e. The minimum atomic E-state index is -1.84. The molecule has 1 atom stereocenters. The van der Waals surface area contributed by atoms with Crippen LogP contribution in [0.3, 0.4) is 0 Å². The van der Waals surface area contributed by atoms with Gasteiger partial charge < -0.3 is 24.1 Å². The molecule has 1 amide bonds. The third-order valence-electron chi connectivity index (χ3n) is 6.45. The van der Waals surface area contributed by atoms with Gasteiger partial charge in [-0.1, -0.05) is 25.1 Å². The fraction of sp³-hybridized carbons (Fsp3) is 0.370. The van der Waals surface area contributed by atoms with Crippen molar-refractivity contribution in [1.82, 2.24) is 14.9 Å². The van der Waals surface area contributed by atoms with E-state index in [2.05, 4.69) is 5.32 Å². The highest BCUT2D eigenvalue weighted by Gasteiger charge is 2.50. The highest BCUT2D eigenvalue weighted by atomic mass is 16.6. The number of pyridine rings is 2. The van der Waals surface area contributed by atoms with Crippen LogP contribution in [0.15, 0.2) is 41.2 Å². The number of cyclic esters (lactones) is 1. The van der Waals surface area contributed by atoms with Crippen LogP contribution in [0, 0.1) is 0 Å². The van der Waals surface area contributed by atoms with Gasteiger partial charge in [0.05, 0.1) is 29.0 Å². The number of ether oxygens (including phenoxy) is 3. The first-order valence-electron chi connectivity index (χ1n) is 12.0. The van der Waals surface area contributed by atoms with Gasteiger partial charge in [0.2, 0.25) is 5.60 Å². The Bertz CT molecular complexity index is 1520. The summed E-state index contributed by atoms with van der Waals surface area (Å²) in [4.78, 5) is 56.1. The van der Waals surface area contributed by atoms with Gasteiger partial charge in [-0.25, -0.2) is 14.6 Å². The van der Waals surface area contributed by atoms with E-state index in [1.165, 1.54) is 0 Å². The highest BCUT2D eigenvalue weighted by Crippen LogP contribution is 2.40. The summed E-state index contributed by atoms with van der Waals surface area (Å²) < 4.78 is 17.7. The molecule has 1 aromatic carbocycles. The number of rotatable bonds is 4. The molecule has 10 nitrogen and oxygen atoms in total. The highest BCUT2D eigenvalue weighted by molar-refractivity contribution is 5.89. The summed E-state index contributed by atoms with van der Waals surface area (Å²) in [7, 11) is 0. The van der Waals surface area contributed by atoms with Crippen molar-refractivity contribution in [1.29, 1.82) is 0 Å². The summed E-state index contributed by atoms with van der Waals surface area (Å²) in [5.41, 5.74) is 0.443. The van der Waals surface area contributed by atoms with Crippen LogP contribution >= 0.6 is 0 Å². The largest absolute Gasteiger partial charge is 0.457 e. The molecular formula is C27H27N3O7. The SMILES string of the molecule is CCC1(OC(=O)CNC(=O)OC(C)(C)C)C(=O)OCc2c1cc1n(c2=O)Cc2cc3ccccc3nc2-1. The van der Waals surface area contributed by atoms with Gasteiger partial charge in [0.25, 0.3) is 5.56 Å². The monoisotopic (exact) mass is 505 g/mol. The van der Waals surface area contributed by atoms with Gasteiger partial charge in [-0.2, -0.15) is 0 Å². The van der Waals surface area contributed by atoms with Crippen molar-refractivity contribution in [3.8, 4) is 11.4 Å². The van der Waals surface area contributed by atoms with Crippen LogP contribution in [0.5, 0.6) is 0 Å². The molecule has 0 bridgehead atoms. The van der Waals surface area contributed by atoms with E-state index in [9.17, 15) is 19.2 Å². The van der Waals surface area contributed by atoms with Gasteiger partial charge in [-0.05, 0) is 45.4 Å². The number of para-hydroxylation sites is 1. The lowest BCUT2D eigenvalue weighted by Crippen LogP contribution is -2.49. The molecule has 5 rings (SSSR count). The predicted octanol–water partition coefficient (Wildman–Crippen LogP) is 3.16. The Morgan fingerprint density at radius 1 is 1.19 bits per heavy atom. The lowest BCUT2D eigenvalue weighted by atomic mass is 9.85. The number of esters is 2. The standard InChI is InChI=1S/C27H27N3O7/c1-5-27(36-21(31)12-28-25(34)37-26(2,3)4)18-11-20-22-16(10-15-8-6-7-9-19(15)29-22)13-30(20)23(32)17(18)14-35-24(27)33/h6-11H,5,12-14H2,1-4H3,(H,28,34). The summed E-state index contributed by atoms with van der Waals surface area (Å²) in [6, 6.07) is 11.4. The molecule has 4 heterocycles. The van der Waals surface area contributed by atoms with Crippen molar-refractivity contribution in [3.05, 3.63) is 63.4 Å². The van der Waals surface area contributed by atoms with Crippen molar-refractivity contribution in [2.45, 2.75) is 58.5 Å². The van der Waals surface area contributed by atoms with Gasteiger partial charge in [0.1, 0.15) is 18.8 Å². The van der Waals surface area contributed by atoms with E-state index < -0.39 is 35.8 Å². The molecule has 37 heavy (non-hydrogen) atoms. The van der Waals surface area contributed by atoms with Crippen molar-refractivity contribution in [2.24, 2.45) is 0 Å². The second-order valence-electron chi connectivity index (χ2n) is 10.1. The summed E-state index contributed by atoms with van der Waals surface area (Å²) in [6.45, 7) is 6.32. The number of carbonyl (C=O) groups is 3. The number of hydrogen-bond acceptors (Lipinski definition) is 8. The third-order valence-corrected chi connectivity index (χ3v) is 6.45. The number of aromatic nitrogens is 2. The maximum atomic E-state index is 13.5. The van der Waals surface area contributed by atoms with Crippen LogP contribution in [-0.2, 0) is 42.6 Å². The molecule has 2 aliphatic rings. The Morgan fingerprint density at radius 3 is 2.68 bits per heavy atom. The molecule has 1 N–H and O–H groups in total. The van der Waals surface area contributed by atoms with Gasteiger partial charge in [0, 0.05) is 16.5 Å². The van der Waals surface area contributed by atoms with Crippen LogP contribution in [-0.4, -0.2) is 39.7 Å². The molecule has 192 valence electrons. The molecule has 3 aromatic rings. The number of amides is 1. The van der Waals surface area contributed by atoms with Crippen molar-refractivity contribution in [3.63, 3.8) is 0 Å². The van der Waals surface area contributed by atoms with Crippen molar-refractivity contribution >= 4 is 28.9 Å². The van der Waals surface area contributed by atoms with Gasteiger partial charge >= 0.3 is 18.0 Å². The average Bonchev–Trinajstić information content (AvgIpc) is 3.20. The molecule has 2 aromatic heterocycles. The topological polar surface area (TPSA) is 126 Å². The van der Waals surface area contributed by atoms with Crippen LogP contribution in [0.4, 0.5) is 4.79 Å². The third kappa shape index (κ3) is 4.22. The van der Waals surface area contributed by atoms with Crippen LogP contribution in [0.2, 0.25) is 0 Å². The summed E-state index contributed by atoms with van der Waals surface area (Å²) in [5.74, 6) is -1.65. The summed E-state index contributed by atoms with van der Waals surface area (Å²) >= 11 is 0. The Hall–Kier alpha value is -4.21. The summed E-state index contributed by atoms with van der Waals surface area (Å²) in [5, 5.41) is 3.29. The number of nitrogens with zero attached hydrogens (tertiary/aromatic N) is 2. The molecule has 0 saturated heterocycles. The molecule has 0 saturated carbocycles. The second-order valence-corrected chi connectivity index (χ2v) is 10.1. The first-order chi connectivity index (χ1) is 17.5. The molecular weight excluding hydrogens is 478 g/mol. The lowest BCUT2D eigenvalue weighted by molar-refractivity contribution is -0.188. The average molecular weight is 506 g/mol. The normalized spacial score (nSPS) is 17.9. The first-order valence-corrected chi connectivity index (χ1v) is 12.0. The van der Waals surface area contributed by atoms with Crippen molar-refractivity contribution in [2.75, 3.05) is 6.54 Å². The zero-order valence-corrected chi connectivity index (χ0v) is 21.0. The minimum absolute atomic E-state index is 0.0257. The minimum Gasteiger partial charge on any atom is -0.457 e. The smallest absolute Gasteiger partial charge is 0.408 e. The number of nitrogens with one attached hydrogen (secondary N) is 1. The zero-order valence-electron chi connectivity index (χ0n) is 21.0. The van der Waals surface area contributed by atoms with Crippen LogP contribution in [0.1, 0.15) is 50.8 Å². The Morgan fingerprint density at radius 2 is 1.95 bits per heavy atom. The second kappa shape index (κ2) is 8.72. The summed E-state index contributed by atoms with van der Waals surface area (Å²) in [6.07, 6.45) is -0.773. The number of carbonyl (C=O) groups excluding carboxylic acids is 3. The van der Waals surface area contributed by atoms with Crippen molar-refractivity contribution < 1.29 is 28.6 Å². The van der Waals surface area contributed by atoms with Crippen LogP contribution in [0.25, 0.3) is 22.3 Å². The molecule has 2 aliphatic heterocycles. The van der Waals surface area contributed by atoms with Gasteiger partial charge in [-0.15, -0.1) is 0 Å². The number of hydrogen-bond donors (Lipinski definition) is 1. The molecule has 1 unspecified atom stereocenters. The molecule has 0 fully saturated rings. The van der Waals surface area contributed by atoms with E-state index in [0.29, 0.717) is 17.9 Å². The van der Waals surface area contributed by atoms with E-state index >= 15 is 0 Å². The van der Waals surface area contributed by atoms with E-state index in [-0.39, 0.29) is 29.7 Å². The Balaban J connectivity index is 1.52. The lowest BCUT2D eigenvalue weighted by Gasteiger charge is -2.35. The van der Waals surface area contributed by atoms with Gasteiger partial charge in [0.15, 0.2) is 0 Å². The van der Waals surface area contributed by atoms with E-state index in [0.717, 1.165) is 16.5 Å². The molecule has 0 aliphatic carbocycles. The van der Waals surface area contributed by atoms with E-state index in [1.54, 1.807) is 38.3 Å². The van der Waals surface area contributed by atoms with Gasteiger partial charge in [-0.3, -0.25) is 9.59 Å². The zero-order chi connectivity index (χ0) is 26.5. The quantitative estimate of drug-likeness (QED) is 0.331. The number of benzene rings is 1. The predicted molar refractivity (Wildman–Crippen MR) is 133 cm³/mol.